The molecular weight excluding hydrogens is 442 g/mol. The van der Waals surface area contributed by atoms with E-state index in [0.29, 0.717) is 29.9 Å². The third-order valence-electron chi connectivity index (χ3n) is 4.64. The van der Waals surface area contributed by atoms with Gasteiger partial charge in [0.15, 0.2) is 0 Å². The highest BCUT2D eigenvalue weighted by Crippen LogP contribution is 2.32. The molecule has 2 aromatic rings. The smallest absolute Gasteiger partial charge is 0.368 e. The summed E-state index contributed by atoms with van der Waals surface area (Å²) >= 11 is 5.68. The van der Waals surface area contributed by atoms with E-state index in [2.05, 4.69) is 21.6 Å². The molecule has 1 aromatic heterocycles. The first kappa shape index (κ1) is 23.2. The number of nitrogens with one attached hydrogen (secondary N) is 1. The lowest BCUT2D eigenvalue weighted by molar-refractivity contribution is -0.357. The second kappa shape index (κ2) is 9.80. The average Bonchev–Trinajstić information content (AvgIpc) is 3.12. The van der Waals surface area contributed by atoms with Gasteiger partial charge >= 0.3 is 6.36 Å². The minimum atomic E-state index is -4.66. The van der Waals surface area contributed by atoms with Gasteiger partial charge in [-0.05, 0) is 12.1 Å². The lowest BCUT2D eigenvalue weighted by Crippen LogP contribution is -2.42. The Morgan fingerprint density at radius 2 is 2.06 bits per heavy atom. The Bertz CT molecular complexity index is 942. The maximum Gasteiger partial charge on any atom is 0.522 e. The summed E-state index contributed by atoms with van der Waals surface area (Å²) in [7, 11) is 0. The van der Waals surface area contributed by atoms with E-state index < -0.39 is 30.3 Å². The zero-order valence-corrected chi connectivity index (χ0v) is 17.0. The summed E-state index contributed by atoms with van der Waals surface area (Å²) in [4.78, 5) is 16.1. The monoisotopic (exact) mass is 461 g/mol. The van der Waals surface area contributed by atoms with E-state index in [-0.39, 0.29) is 24.5 Å². The summed E-state index contributed by atoms with van der Waals surface area (Å²) in [6, 6.07) is 4.42. The van der Waals surface area contributed by atoms with Gasteiger partial charge in [0.05, 0.1) is 29.3 Å². The number of nitrogens with zero attached hydrogens (tertiary/aromatic N) is 2. The van der Waals surface area contributed by atoms with Crippen LogP contribution in [0.25, 0.3) is 11.3 Å². The fourth-order valence-electron chi connectivity index (χ4n) is 2.98. The maximum atomic E-state index is 13.6. The van der Waals surface area contributed by atoms with Gasteiger partial charge in [-0.15, -0.1) is 13.2 Å². The quantitative estimate of drug-likeness (QED) is 0.560. The second-order valence-electron chi connectivity index (χ2n) is 7.12. The molecular formula is C20H20ClF4N3O3. The second-order valence-corrected chi connectivity index (χ2v) is 7.52. The Balaban J connectivity index is 1.35. The molecule has 1 N–H and O–H groups in total. The van der Waals surface area contributed by atoms with Crippen LogP contribution >= 0.6 is 11.6 Å². The van der Waals surface area contributed by atoms with Crippen molar-refractivity contribution in [2.24, 2.45) is 0 Å². The van der Waals surface area contributed by atoms with Crippen LogP contribution in [0.2, 0.25) is 5.02 Å². The Hall–Kier alpha value is -2.43. The number of aromatic nitrogens is 2. The third-order valence-corrected chi connectivity index (χ3v) is 4.95. The molecule has 1 saturated carbocycles. The SMILES string of the molecule is C=C(CCn1cnc(-c2ccc(Cl)c(F)c2)c1)NC(=O)COC1CC(OC(F)(F)F)C1. The largest absolute Gasteiger partial charge is 0.522 e. The number of carbonyl (C=O) groups excluding carboxylic acids is 1. The molecule has 0 radical (unpaired) electrons. The standard InChI is InChI=1S/C20H20ClF4N3O3/c1-12(27-19(29)10-30-14-7-15(8-14)31-20(23,24)25)4-5-28-9-18(26-11-28)13-2-3-16(21)17(22)6-13/h2-3,6,9,11,14-15H,1,4-5,7-8,10H2,(H,27,29). The minimum absolute atomic E-state index is 0.0333. The number of carbonyl (C=O) groups is 1. The summed E-state index contributed by atoms with van der Waals surface area (Å²) in [5, 5.41) is 2.62. The van der Waals surface area contributed by atoms with Crippen LogP contribution in [0.1, 0.15) is 19.3 Å². The van der Waals surface area contributed by atoms with E-state index >= 15 is 0 Å². The number of halogens is 5. The summed E-state index contributed by atoms with van der Waals surface area (Å²) < 4.78 is 60.7. The number of benzene rings is 1. The van der Waals surface area contributed by atoms with Gasteiger partial charge < -0.3 is 14.6 Å². The van der Waals surface area contributed by atoms with Crippen LogP contribution in [0.3, 0.4) is 0 Å². The zero-order chi connectivity index (χ0) is 22.6. The van der Waals surface area contributed by atoms with Crippen molar-refractivity contribution in [3.8, 4) is 11.3 Å². The van der Waals surface area contributed by atoms with Crippen molar-refractivity contribution in [1.29, 1.82) is 0 Å². The first-order chi connectivity index (χ1) is 14.6. The van der Waals surface area contributed by atoms with Crippen LogP contribution < -0.4 is 5.32 Å². The van der Waals surface area contributed by atoms with Gasteiger partial charge in [-0.3, -0.25) is 9.53 Å². The van der Waals surface area contributed by atoms with Crippen LogP contribution in [0, 0.1) is 5.82 Å². The molecule has 31 heavy (non-hydrogen) atoms. The number of hydrogen-bond donors (Lipinski definition) is 1. The Morgan fingerprint density at radius 1 is 1.32 bits per heavy atom. The van der Waals surface area contributed by atoms with E-state index in [9.17, 15) is 22.4 Å². The molecule has 1 fully saturated rings. The molecule has 0 spiro atoms. The van der Waals surface area contributed by atoms with Crippen molar-refractivity contribution in [3.05, 3.63) is 53.8 Å². The molecule has 11 heteroatoms. The van der Waals surface area contributed by atoms with Crippen molar-refractivity contribution in [2.75, 3.05) is 6.61 Å². The fourth-order valence-corrected chi connectivity index (χ4v) is 3.10. The lowest BCUT2D eigenvalue weighted by atomic mass is 9.92. The first-order valence-electron chi connectivity index (χ1n) is 9.40. The topological polar surface area (TPSA) is 65.4 Å². The lowest BCUT2D eigenvalue weighted by Gasteiger charge is -2.34. The summed E-state index contributed by atoms with van der Waals surface area (Å²) in [5.41, 5.74) is 1.61. The number of rotatable bonds is 9. The van der Waals surface area contributed by atoms with Gasteiger partial charge in [0, 0.05) is 43.3 Å². The number of hydrogen-bond acceptors (Lipinski definition) is 4. The molecule has 1 aliphatic carbocycles. The molecule has 168 valence electrons. The third kappa shape index (κ3) is 7.05. The van der Waals surface area contributed by atoms with Crippen LogP contribution in [0.5, 0.6) is 0 Å². The van der Waals surface area contributed by atoms with Crippen molar-refractivity contribution in [1.82, 2.24) is 14.9 Å². The Morgan fingerprint density at radius 3 is 2.74 bits per heavy atom. The van der Waals surface area contributed by atoms with Gasteiger partial charge in [0.2, 0.25) is 5.91 Å². The normalized spacial score (nSPS) is 18.5. The molecule has 1 aliphatic rings. The number of ether oxygens (including phenoxy) is 2. The number of alkyl halides is 3. The van der Waals surface area contributed by atoms with Gasteiger partial charge in [-0.1, -0.05) is 24.2 Å². The number of aryl methyl sites for hydroxylation is 1. The van der Waals surface area contributed by atoms with E-state index in [1.807, 2.05) is 0 Å². The van der Waals surface area contributed by atoms with Crippen molar-refractivity contribution < 1.29 is 31.8 Å². The first-order valence-corrected chi connectivity index (χ1v) is 9.78. The van der Waals surface area contributed by atoms with Gasteiger partial charge in [-0.25, -0.2) is 9.37 Å². The van der Waals surface area contributed by atoms with Crippen LogP contribution in [0.15, 0.2) is 43.0 Å². The summed E-state index contributed by atoms with van der Waals surface area (Å²) in [5.74, 6) is -0.967. The number of allylic oxidation sites excluding steroid dienone is 1. The number of imidazole rings is 1. The van der Waals surface area contributed by atoms with Gasteiger partial charge in [-0.2, -0.15) is 0 Å². The predicted molar refractivity (Wildman–Crippen MR) is 104 cm³/mol. The van der Waals surface area contributed by atoms with Crippen molar-refractivity contribution in [2.45, 2.75) is 44.4 Å². The molecule has 1 aromatic carbocycles. The van der Waals surface area contributed by atoms with Crippen LogP contribution in [-0.4, -0.2) is 40.6 Å². The maximum absolute atomic E-state index is 13.6. The van der Waals surface area contributed by atoms with Gasteiger partial charge in [0.1, 0.15) is 12.4 Å². The molecule has 6 nitrogen and oxygen atoms in total. The van der Waals surface area contributed by atoms with Crippen LogP contribution in [0.4, 0.5) is 17.6 Å². The number of amides is 1. The van der Waals surface area contributed by atoms with E-state index in [1.54, 1.807) is 23.2 Å². The summed E-state index contributed by atoms with van der Waals surface area (Å²) in [6.07, 6.45) is -2.11. The molecule has 0 unspecified atom stereocenters. The molecule has 0 bridgehead atoms. The molecule has 1 heterocycles. The van der Waals surface area contributed by atoms with Crippen molar-refractivity contribution in [3.63, 3.8) is 0 Å². The van der Waals surface area contributed by atoms with E-state index in [1.165, 1.54) is 12.1 Å². The minimum Gasteiger partial charge on any atom is -0.368 e. The van der Waals surface area contributed by atoms with E-state index in [4.69, 9.17) is 16.3 Å². The van der Waals surface area contributed by atoms with E-state index in [0.717, 1.165) is 0 Å². The predicted octanol–water partition coefficient (Wildman–Crippen LogP) is 4.45. The average molecular weight is 462 g/mol. The Labute approximate surface area is 180 Å². The molecule has 0 atom stereocenters. The highest BCUT2D eigenvalue weighted by molar-refractivity contribution is 6.30. The fraction of sp³-hybridized carbons (Fsp3) is 0.400. The zero-order valence-electron chi connectivity index (χ0n) is 16.3. The molecule has 0 aliphatic heterocycles. The van der Waals surface area contributed by atoms with Crippen molar-refractivity contribution >= 4 is 17.5 Å². The highest BCUT2D eigenvalue weighted by atomic mass is 35.5. The van der Waals surface area contributed by atoms with Crippen LogP contribution in [-0.2, 0) is 20.8 Å². The summed E-state index contributed by atoms with van der Waals surface area (Å²) in [6.45, 7) is 3.98. The molecule has 1 amide bonds. The van der Waals surface area contributed by atoms with Gasteiger partial charge in [0.25, 0.3) is 0 Å². The molecule has 0 saturated heterocycles. The Kier molecular flexibility index (Phi) is 7.34. The molecule has 3 rings (SSSR count). The highest BCUT2D eigenvalue weighted by Gasteiger charge is 2.40.